The Morgan fingerprint density at radius 1 is 0.941 bits per heavy atom. The number of nitrogens with zero attached hydrogens (tertiary/aromatic N) is 2. The third-order valence-electron chi connectivity index (χ3n) is 5.82. The lowest BCUT2D eigenvalue weighted by Gasteiger charge is -2.11. The summed E-state index contributed by atoms with van der Waals surface area (Å²) in [5.41, 5.74) is 4.12. The molecular weight excluding hydrogens is 446 g/mol. The van der Waals surface area contributed by atoms with Gasteiger partial charge in [0, 0.05) is 18.2 Å². The largest absolute Gasteiger partial charge is 0.497 e. The minimum Gasteiger partial charge on any atom is -0.497 e. The van der Waals surface area contributed by atoms with Crippen molar-refractivity contribution in [1.82, 2.24) is 5.32 Å². The van der Waals surface area contributed by atoms with Gasteiger partial charge in [-0.1, -0.05) is 59.7 Å². The molecule has 1 amide bonds. The lowest BCUT2D eigenvalue weighted by molar-refractivity contribution is -0.568. The smallest absolute Gasteiger partial charge is 0.372 e. The molecule has 1 atom stereocenters. The van der Waals surface area contributed by atoms with Crippen LogP contribution in [0.15, 0.2) is 88.9 Å². The van der Waals surface area contributed by atoms with E-state index in [2.05, 4.69) is 29.6 Å². The number of carbonyl (C=O) groups is 1. The van der Waals surface area contributed by atoms with Gasteiger partial charge in [-0.05, 0) is 47.0 Å². The van der Waals surface area contributed by atoms with E-state index in [9.17, 15) is 4.79 Å². The van der Waals surface area contributed by atoms with Crippen molar-refractivity contribution < 1.29 is 19.0 Å². The molecule has 0 aromatic heterocycles. The van der Waals surface area contributed by atoms with Crippen molar-refractivity contribution in [2.45, 2.75) is 12.5 Å². The predicted octanol–water partition coefficient (Wildman–Crippen LogP) is 5.46. The van der Waals surface area contributed by atoms with Crippen LogP contribution in [-0.4, -0.2) is 35.7 Å². The van der Waals surface area contributed by atoms with Crippen LogP contribution in [0.3, 0.4) is 0 Å². The first kappa shape index (κ1) is 22.0. The van der Waals surface area contributed by atoms with Crippen molar-refractivity contribution in [2.24, 2.45) is 5.10 Å². The second-order valence-electron chi connectivity index (χ2n) is 7.90. The number of hydrogen-bond acceptors (Lipinski definition) is 5. The molecule has 3 aromatic carbocycles. The van der Waals surface area contributed by atoms with Gasteiger partial charge in [-0.25, -0.2) is 4.79 Å². The number of benzene rings is 3. The summed E-state index contributed by atoms with van der Waals surface area (Å²) in [6, 6.07) is 25.8. The quantitative estimate of drug-likeness (QED) is 0.503. The first-order valence-electron chi connectivity index (χ1n) is 10.9. The van der Waals surface area contributed by atoms with Crippen LogP contribution in [0.25, 0.3) is 6.08 Å². The van der Waals surface area contributed by atoms with Crippen LogP contribution < -0.4 is 14.8 Å². The number of rotatable bonds is 5. The van der Waals surface area contributed by atoms with Crippen molar-refractivity contribution in [3.8, 4) is 11.5 Å². The maximum Gasteiger partial charge on any atom is 0.372 e. The van der Waals surface area contributed by atoms with E-state index in [1.54, 1.807) is 14.2 Å². The van der Waals surface area contributed by atoms with Gasteiger partial charge in [-0.3, -0.25) is 0 Å². The molecule has 2 heterocycles. The highest BCUT2D eigenvalue weighted by molar-refractivity contribution is 8.18. The molecule has 0 unspecified atom stereocenters. The summed E-state index contributed by atoms with van der Waals surface area (Å²) in [4.78, 5) is 13.3. The molecular formula is C27H24N3O3S+. The molecule has 34 heavy (non-hydrogen) atoms. The third-order valence-corrected chi connectivity index (χ3v) is 6.64. The maximum absolute atomic E-state index is 12.5. The molecule has 0 aliphatic carbocycles. The molecule has 6 nitrogen and oxygen atoms in total. The van der Waals surface area contributed by atoms with Crippen molar-refractivity contribution in [3.05, 3.63) is 100 Å². The van der Waals surface area contributed by atoms with E-state index in [0.29, 0.717) is 5.84 Å². The molecule has 3 aromatic rings. The molecule has 2 aliphatic heterocycles. The number of ether oxygens (including phenoxy) is 2. The van der Waals surface area contributed by atoms with Gasteiger partial charge in [0.2, 0.25) is 0 Å². The molecule has 2 aliphatic rings. The number of hydrazone groups is 1. The molecule has 170 valence electrons. The molecule has 7 heteroatoms. The number of methoxy groups -OCH3 is 2. The van der Waals surface area contributed by atoms with Gasteiger partial charge in [0.15, 0.2) is 6.04 Å². The van der Waals surface area contributed by atoms with Gasteiger partial charge in [0.05, 0.1) is 19.9 Å². The van der Waals surface area contributed by atoms with E-state index in [0.717, 1.165) is 45.2 Å². The van der Waals surface area contributed by atoms with E-state index >= 15 is 0 Å². The van der Waals surface area contributed by atoms with Crippen molar-refractivity contribution in [3.63, 3.8) is 0 Å². The second kappa shape index (κ2) is 9.57. The van der Waals surface area contributed by atoms with Gasteiger partial charge >= 0.3 is 11.1 Å². The minimum absolute atomic E-state index is 0.0608. The normalized spacial score (nSPS) is 20.9. The Labute approximate surface area is 202 Å². The van der Waals surface area contributed by atoms with E-state index in [4.69, 9.17) is 14.6 Å². The predicted molar refractivity (Wildman–Crippen MR) is 136 cm³/mol. The summed E-state index contributed by atoms with van der Waals surface area (Å²) in [5.74, 6) is 2.28. The fourth-order valence-corrected chi connectivity index (χ4v) is 4.84. The van der Waals surface area contributed by atoms with Gasteiger partial charge in [-0.2, -0.15) is 5.32 Å². The molecule has 1 fully saturated rings. The SMILES string of the molecule is COc1ccc(/C=C2\SC(=O)N\C2=[N+]2/N=C(c3ccccc3)C[C@@H]2c2ccc(OC)cc2)cc1. The zero-order valence-corrected chi connectivity index (χ0v) is 19.7. The first-order valence-corrected chi connectivity index (χ1v) is 11.7. The molecule has 0 bridgehead atoms. The number of amides is 1. The number of thioether (sulfide) groups is 1. The Morgan fingerprint density at radius 3 is 2.24 bits per heavy atom. The summed E-state index contributed by atoms with van der Waals surface area (Å²) in [5, 5.41) is 7.89. The second-order valence-corrected chi connectivity index (χ2v) is 8.91. The van der Waals surface area contributed by atoms with Crippen LogP contribution in [0.2, 0.25) is 0 Å². The third kappa shape index (κ3) is 4.47. The number of nitrogens with one attached hydrogen (secondary N) is 1. The zero-order valence-electron chi connectivity index (χ0n) is 18.9. The zero-order chi connectivity index (χ0) is 23.5. The van der Waals surface area contributed by atoms with Crippen LogP contribution in [0.4, 0.5) is 4.79 Å². The highest BCUT2D eigenvalue weighted by atomic mass is 32.2. The fourth-order valence-electron chi connectivity index (χ4n) is 4.06. The van der Waals surface area contributed by atoms with Gasteiger partial charge < -0.3 is 9.47 Å². The molecule has 5 rings (SSSR count). The molecule has 0 spiro atoms. The van der Waals surface area contributed by atoms with Gasteiger partial charge in [-0.15, -0.1) is 4.68 Å². The fraction of sp³-hybridized carbons (Fsp3) is 0.148. The lowest BCUT2D eigenvalue weighted by atomic mass is 9.99. The van der Waals surface area contributed by atoms with Gasteiger partial charge in [0.1, 0.15) is 16.4 Å². The monoisotopic (exact) mass is 470 g/mol. The summed E-state index contributed by atoms with van der Waals surface area (Å²) < 4.78 is 12.5. The van der Waals surface area contributed by atoms with Crippen molar-refractivity contribution in [2.75, 3.05) is 14.2 Å². The average molecular weight is 471 g/mol. The minimum atomic E-state index is -0.119. The highest BCUT2D eigenvalue weighted by Gasteiger charge is 2.40. The highest BCUT2D eigenvalue weighted by Crippen LogP contribution is 2.35. The van der Waals surface area contributed by atoms with Crippen molar-refractivity contribution in [1.29, 1.82) is 0 Å². The number of amidine groups is 1. The standard InChI is InChI=1S/C27H23N3O3S/c1-32-21-12-8-18(9-13-21)16-25-26(28-27(31)34-25)30-24(20-10-14-22(33-2)15-11-20)17-23(29-30)19-6-4-3-5-7-19/h3-16,24H,17H2,1-2H3/p+1/b25-16-/t24-/m1/s1. The van der Waals surface area contributed by atoms with Crippen LogP contribution in [-0.2, 0) is 0 Å². The summed E-state index contributed by atoms with van der Waals surface area (Å²) in [7, 11) is 3.30. The lowest BCUT2D eigenvalue weighted by Crippen LogP contribution is -2.29. The first-order chi connectivity index (χ1) is 16.6. The topological polar surface area (TPSA) is 62.9 Å². The summed E-state index contributed by atoms with van der Waals surface area (Å²) in [6.45, 7) is 0. The average Bonchev–Trinajstić information content (AvgIpc) is 3.48. The van der Waals surface area contributed by atoms with E-state index < -0.39 is 0 Å². The van der Waals surface area contributed by atoms with Crippen LogP contribution in [0.5, 0.6) is 11.5 Å². The summed E-state index contributed by atoms with van der Waals surface area (Å²) in [6.07, 6.45) is 2.72. The number of hydrogen-bond donors (Lipinski definition) is 1. The molecule has 0 saturated carbocycles. The molecule has 0 radical (unpaired) electrons. The van der Waals surface area contributed by atoms with Gasteiger partial charge in [0.25, 0.3) is 0 Å². The van der Waals surface area contributed by atoms with E-state index in [1.165, 1.54) is 11.8 Å². The Balaban J connectivity index is 1.60. The molecule has 1 saturated heterocycles. The van der Waals surface area contributed by atoms with Crippen LogP contribution >= 0.6 is 11.8 Å². The van der Waals surface area contributed by atoms with E-state index in [1.807, 2.05) is 65.4 Å². The Hall–Kier alpha value is -3.84. The summed E-state index contributed by atoms with van der Waals surface area (Å²) >= 11 is 1.18. The Morgan fingerprint density at radius 2 is 1.59 bits per heavy atom. The Bertz CT molecular complexity index is 1300. The van der Waals surface area contributed by atoms with Crippen LogP contribution in [0, 0.1) is 0 Å². The Kier molecular flexibility index (Phi) is 6.18. The van der Waals surface area contributed by atoms with E-state index in [-0.39, 0.29) is 11.3 Å². The number of carbonyl (C=O) groups excluding carboxylic acids is 1. The van der Waals surface area contributed by atoms with Crippen LogP contribution in [0.1, 0.15) is 29.2 Å². The maximum atomic E-state index is 12.5. The molecule has 1 N–H and O–H groups in total. The van der Waals surface area contributed by atoms with Crippen molar-refractivity contribution >= 4 is 34.6 Å².